The molecule has 0 atom stereocenters. The van der Waals surface area contributed by atoms with Crippen LogP contribution in [0.2, 0.25) is 0 Å². The molecular formula is C20H16F3N5OS. The van der Waals surface area contributed by atoms with Crippen molar-refractivity contribution in [1.82, 2.24) is 19.6 Å². The van der Waals surface area contributed by atoms with Crippen LogP contribution in [0.3, 0.4) is 0 Å². The Morgan fingerprint density at radius 1 is 1.17 bits per heavy atom. The molecule has 0 radical (unpaired) electrons. The highest BCUT2D eigenvalue weighted by atomic mass is 32.1. The SMILES string of the molecule is Cc1nc(C(=O)Nc2cnc3cc(C)c(-c4ccccc4C(F)(F)F)nn23)c(C)s1. The summed E-state index contributed by atoms with van der Waals surface area (Å²) in [6.07, 6.45) is -3.11. The number of fused-ring (bicyclic) bond motifs is 1. The van der Waals surface area contributed by atoms with Gasteiger partial charge in [0.25, 0.3) is 5.91 Å². The number of hydrogen-bond acceptors (Lipinski definition) is 5. The van der Waals surface area contributed by atoms with Gasteiger partial charge in [-0.05, 0) is 38.5 Å². The minimum absolute atomic E-state index is 0.0404. The van der Waals surface area contributed by atoms with Crippen molar-refractivity contribution in [2.45, 2.75) is 26.9 Å². The summed E-state index contributed by atoms with van der Waals surface area (Å²) in [6.45, 7) is 5.27. The summed E-state index contributed by atoms with van der Waals surface area (Å²) in [4.78, 5) is 21.8. The zero-order chi connectivity index (χ0) is 21.6. The van der Waals surface area contributed by atoms with Crippen LogP contribution in [0, 0.1) is 20.8 Å². The van der Waals surface area contributed by atoms with E-state index in [0.29, 0.717) is 16.9 Å². The highest BCUT2D eigenvalue weighted by molar-refractivity contribution is 7.11. The van der Waals surface area contributed by atoms with Gasteiger partial charge in [0.05, 0.1) is 22.5 Å². The molecule has 1 N–H and O–H groups in total. The number of benzene rings is 1. The maximum atomic E-state index is 13.5. The molecular weight excluding hydrogens is 415 g/mol. The maximum absolute atomic E-state index is 13.5. The van der Waals surface area contributed by atoms with Crippen molar-refractivity contribution in [3.05, 3.63) is 63.2 Å². The normalized spacial score (nSPS) is 11.8. The van der Waals surface area contributed by atoms with Crippen LogP contribution in [-0.4, -0.2) is 25.5 Å². The molecule has 0 saturated carbocycles. The molecule has 1 aromatic carbocycles. The van der Waals surface area contributed by atoms with Crippen molar-refractivity contribution >= 4 is 28.7 Å². The summed E-state index contributed by atoms with van der Waals surface area (Å²) in [5.74, 6) is -0.191. The predicted octanol–water partition coefficient (Wildman–Crippen LogP) is 5.05. The zero-order valence-corrected chi connectivity index (χ0v) is 17.0. The molecule has 0 saturated heterocycles. The van der Waals surface area contributed by atoms with Gasteiger partial charge in [-0.1, -0.05) is 18.2 Å². The van der Waals surface area contributed by atoms with E-state index in [0.717, 1.165) is 16.0 Å². The van der Waals surface area contributed by atoms with E-state index in [4.69, 9.17) is 0 Å². The Morgan fingerprint density at radius 2 is 1.90 bits per heavy atom. The van der Waals surface area contributed by atoms with Gasteiger partial charge >= 0.3 is 6.18 Å². The van der Waals surface area contributed by atoms with E-state index in [1.807, 2.05) is 0 Å². The van der Waals surface area contributed by atoms with E-state index in [-0.39, 0.29) is 17.1 Å². The topological polar surface area (TPSA) is 72.2 Å². The Bertz CT molecular complexity index is 1280. The number of aryl methyl sites for hydroxylation is 3. The fraction of sp³-hybridized carbons (Fsp3) is 0.200. The maximum Gasteiger partial charge on any atom is 0.417 e. The first-order valence-electron chi connectivity index (χ1n) is 8.92. The monoisotopic (exact) mass is 431 g/mol. The largest absolute Gasteiger partial charge is 0.417 e. The first kappa shape index (κ1) is 20.0. The zero-order valence-electron chi connectivity index (χ0n) is 16.2. The van der Waals surface area contributed by atoms with E-state index < -0.39 is 17.6 Å². The molecule has 3 aromatic heterocycles. The lowest BCUT2D eigenvalue weighted by Gasteiger charge is -2.14. The fourth-order valence-corrected chi connectivity index (χ4v) is 4.02. The number of amides is 1. The van der Waals surface area contributed by atoms with Crippen molar-refractivity contribution in [2.75, 3.05) is 5.32 Å². The van der Waals surface area contributed by atoms with Crippen LogP contribution < -0.4 is 5.32 Å². The molecule has 1 amide bonds. The van der Waals surface area contributed by atoms with Crippen LogP contribution in [0.4, 0.5) is 19.0 Å². The number of carbonyl (C=O) groups excluding carboxylic acids is 1. The lowest BCUT2D eigenvalue weighted by Crippen LogP contribution is -2.16. The average Bonchev–Trinajstić information content (AvgIpc) is 3.22. The van der Waals surface area contributed by atoms with Crippen molar-refractivity contribution in [3.8, 4) is 11.3 Å². The van der Waals surface area contributed by atoms with Gasteiger partial charge in [-0.15, -0.1) is 11.3 Å². The molecule has 6 nitrogen and oxygen atoms in total. The van der Waals surface area contributed by atoms with Gasteiger partial charge in [0.1, 0.15) is 5.69 Å². The fourth-order valence-electron chi connectivity index (χ4n) is 3.21. The van der Waals surface area contributed by atoms with E-state index in [2.05, 4.69) is 20.4 Å². The Balaban J connectivity index is 1.80. The standard InChI is InChI=1S/C20H16F3N5OS/c1-10-8-15-24-9-16(26-19(29)18-11(2)30-12(3)25-18)28(15)27-17(10)13-6-4-5-7-14(13)20(21,22)23/h4-9H,1-3H3,(H,26,29). The molecule has 0 unspecified atom stereocenters. The van der Waals surface area contributed by atoms with Gasteiger partial charge in [-0.3, -0.25) is 4.79 Å². The van der Waals surface area contributed by atoms with E-state index in [9.17, 15) is 18.0 Å². The van der Waals surface area contributed by atoms with E-state index in [1.54, 1.807) is 26.8 Å². The number of halogens is 3. The smallest absolute Gasteiger partial charge is 0.304 e. The van der Waals surface area contributed by atoms with Gasteiger partial charge in [0.15, 0.2) is 11.5 Å². The number of imidazole rings is 1. The summed E-state index contributed by atoms with van der Waals surface area (Å²) in [5.41, 5.74) is 0.572. The third kappa shape index (κ3) is 3.54. The van der Waals surface area contributed by atoms with Gasteiger partial charge < -0.3 is 5.32 Å². The Hall–Kier alpha value is -3.27. The predicted molar refractivity (Wildman–Crippen MR) is 108 cm³/mol. The highest BCUT2D eigenvalue weighted by Crippen LogP contribution is 2.37. The van der Waals surface area contributed by atoms with Crippen molar-refractivity contribution in [1.29, 1.82) is 0 Å². The second-order valence-electron chi connectivity index (χ2n) is 6.72. The molecule has 3 heterocycles. The van der Waals surface area contributed by atoms with Crippen molar-refractivity contribution in [2.24, 2.45) is 0 Å². The van der Waals surface area contributed by atoms with Crippen LogP contribution >= 0.6 is 11.3 Å². The van der Waals surface area contributed by atoms with Gasteiger partial charge in [0, 0.05) is 10.4 Å². The molecule has 0 aliphatic carbocycles. The summed E-state index contributed by atoms with van der Waals surface area (Å²) in [7, 11) is 0. The van der Waals surface area contributed by atoms with Crippen molar-refractivity contribution < 1.29 is 18.0 Å². The number of aromatic nitrogens is 4. The first-order valence-corrected chi connectivity index (χ1v) is 9.74. The Labute approximate surface area is 173 Å². The number of carbonyl (C=O) groups is 1. The van der Waals surface area contributed by atoms with Gasteiger partial charge in [-0.25, -0.2) is 9.97 Å². The molecule has 0 aliphatic rings. The number of hydrogen-bond donors (Lipinski definition) is 1. The minimum atomic E-state index is -4.52. The lowest BCUT2D eigenvalue weighted by atomic mass is 10.0. The highest BCUT2D eigenvalue weighted by Gasteiger charge is 2.34. The number of alkyl halides is 3. The summed E-state index contributed by atoms with van der Waals surface area (Å²) < 4.78 is 41.8. The summed E-state index contributed by atoms with van der Waals surface area (Å²) >= 11 is 1.40. The number of nitrogens with one attached hydrogen (secondary N) is 1. The van der Waals surface area contributed by atoms with Gasteiger partial charge in [-0.2, -0.15) is 22.8 Å². The molecule has 10 heteroatoms. The molecule has 4 aromatic rings. The molecule has 0 fully saturated rings. The van der Waals surface area contributed by atoms with Gasteiger partial charge in [0.2, 0.25) is 0 Å². The number of thiazole rings is 1. The number of nitrogens with zero attached hydrogens (tertiary/aromatic N) is 4. The van der Waals surface area contributed by atoms with Crippen LogP contribution in [0.5, 0.6) is 0 Å². The minimum Gasteiger partial charge on any atom is -0.304 e. The van der Waals surface area contributed by atoms with Crippen LogP contribution in [0.25, 0.3) is 16.9 Å². The summed E-state index contributed by atoms with van der Waals surface area (Å²) in [5, 5.41) is 7.83. The van der Waals surface area contributed by atoms with E-state index in [1.165, 1.54) is 40.2 Å². The molecule has 30 heavy (non-hydrogen) atoms. The third-order valence-corrected chi connectivity index (χ3v) is 5.42. The molecule has 4 rings (SSSR count). The molecule has 0 bridgehead atoms. The summed E-state index contributed by atoms with van der Waals surface area (Å²) in [6, 6.07) is 6.88. The molecule has 154 valence electrons. The number of anilines is 1. The second kappa shape index (κ2) is 7.21. The van der Waals surface area contributed by atoms with Crippen molar-refractivity contribution in [3.63, 3.8) is 0 Å². The molecule has 0 spiro atoms. The average molecular weight is 431 g/mol. The second-order valence-corrected chi connectivity index (χ2v) is 8.13. The Morgan fingerprint density at radius 3 is 2.57 bits per heavy atom. The number of rotatable bonds is 3. The molecule has 0 aliphatic heterocycles. The van der Waals surface area contributed by atoms with Crippen LogP contribution in [-0.2, 0) is 6.18 Å². The lowest BCUT2D eigenvalue weighted by molar-refractivity contribution is -0.137. The van der Waals surface area contributed by atoms with E-state index >= 15 is 0 Å². The Kier molecular flexibility index (Phi) is 4.81. The van der Waals surface area contributed by atoms with Crippen LogP contribution in [0.1, 0.15) is 31.5 Å². The quantitative estimate of drug-likeness (QED) is 0.493. The first-order chi connectivity index (χ1) is 14.1. The van der Waals surface area contributed by atoms with Crippen LogP contribution in [0.15, 0.2) is 36.5 Å². The third-order valence-electron chi connectivity index (χ3n) is 4.53.